The number of carboxylic acid groups (broad SMARTS) is 2. The summed E-state index contributed by atoms with van der Waals surface area (Å²) in [5.74, 6) is -1.32. The molecule has 0 saturated heterocycles. The molecular weight excluding hydrogens is 587 g/mol. The standard InChI is InChI=1S/C31H34ClFO8S/c32-27-19-22(11-13-28(27)33)23-17-24(20-25(18-23)42(38)39)40-15-4-2-1-3-7-21-8-5-9-29(26(21)12-14-31(36)37)41-16-6-10-30(34)35/h5,8-9,11,13,17-20H,1-4,6-7,10,12,14-16H2,(H,34,35)(H,36,37)(H,38,39). The molecule has 3 aromatic rings. The Morgan fingerprint density at radius 2 is 1.55 bits per heavy atom. The Morgan fingerprint density at radius 3 is 2.26 bits per heavy atom. The molecule has 226 valence electrons. The first kappa shape index (κ1) is 33.0. The van der Waals surface area contributed by atoms with E-state index in [0.717, 1.165) is 43.2 Å². The summed E-state index contributed by atoms with van der Waals surface area (Å²) in [6.45, 7) is 0.640. The topological polar surface area (TPSA) is 130 Å². The van der Waals surface area contributed by atoms with Crippen LogP contribution >= 0.6 is 11.6 Å². The fourth-order valence-electron chi connectivity index (χ4n) is 4.46. The van der Waals surface area contributed by atoms with Crippen molar-refractivity contribution in [3.05, 3.63) is 76.6 Å². The Hall–Kier alpha value is -3.47. The third-order valence-electron chi connectivity index (χ3n) is 6.56. The van der Waals surface area contributed by atoms with Crippen LogP contribution in [0.25, 0.3) is 11.1 Å². The molecule has 0 spiro atoms. The van der Waals surface area contributed by atoms with Crippen LogP contribution < -0.4 is 9.47 Å². The van der Waals surface area contributed by atoms with Gasteiger partial charge in [-0.2, -0.15) is 0 Å². The quantitative estimate of drug-likeness (QED) is 0.101. The van der Waals surface area contributed by atoms with Crippen molar-refractivity contribution in [3.63, 3.8) is 0 Å². The number of unbranched alkanes of at least 4 members (excludes halogenated alkanes) is 3. The van der Waals surface area contributed by atoms with Gasteiger partial charge in [0.1, 0.15) is 17.3 Å². The highest BCUT2D eigenvalue weighted by molar-refractivity contribution is 7.79. The average molecular weight is 621 g/mol. The number of hydrogen-bond acceptors (Lipinski definition) is 5. The maximum absolute atomic E-state index is 13.6. The van der Waals surface area contributed by atoms with Gasteiger partial charge in [-0.3, -0.25) is 9.59 Å². The second-order valence-electron chi connectivity index (χ2n) is 9.72. The molecule has 3 N–H and O–H groups in total. The van der Waals surface area contributed by atoms with Crippen molar-refractivity contribution in [1.29, 1.82) is 0 Å². The maximum Gasteiger partial charge on any atom is 0.303 e. The molecule has 0 aliphatic rings. The number of hydrogen-bond donors (Lipinski definition) is 3. The largest absolute Gasteiger partial charge is 0.494 e. The third kappa shape index (κ3) is 10.7. The van der Waals surface area contributed by atoms with E-state index in [1.54, 1.807) is 18.2 Å². The zero-order chi connectivity index (χ0) is 30.5. The van der Waals surface area contributed by atoms with Crippen LogP contribution in [-0.4, -0.2) is 44.1 Å². The highest BCUT2D eigenvalue weighted by atomic mass is 35.5. The summed E-state index contributed by atoms with van der Waals surface area (Å²) in [6, 6.07) is 14.6. The molecule has 0 heterocycles. The molecule has 3 aromatic carbocycles. The molecule has 0 aliphatic carbocycles. The van der Waals surface area contributed by atoms with Gasteiger partial charge in [-0.05, 0) is 90.8 Å². The lowest BCUT2D eigenvalue weighted by Crippen LogP contribution is -2.07. The van der Waals surface area contributed by atoms with E-state index in [0.29, 0.717) is 42.1 Å². The summed E-state index contributed by atoms with van der Waals surface area (Å²) < 4.78 is 46.6. The van der Waals surface area contributed by atoms with E-state index in [1.165, 1.54) is 24.3 Å². The Kier molecular flexibility index (Phi) is 13.2. The molecule has 0 bridgehead atoms. The van der Waals surface area contributed by atoms with E-state index in [9.17, 15) is 27.8 Å². The number of carbonyl (C=O) groups is 2. The first-order valence-electron chi connectivity index (χ1n) is 13.7. The summed E-state index contributed by atoms with van der Waals surface area (Å²) in [6.07, 6.45) is 4.83. The first-order chi connectivity index (χ1) is 20.1. The first-order valence-corrected chi connectivity index (χ1v) is 15.1. The molecule has 0 amide bonds. The normalized spacial score (nSPS) is 11.7. The number of halogens is 2. The molecule has 3 rings (SSSR count). The van der Waals surface area contributed by atoms with Gasteiger partial charge in [-0.15, -0.1) is 0 Å². The average Bonchev–Trinajstić information content (AvgIpc) is 2.95. The van der Waals surface area contributed by atoms with Gasteiger partial charge in [0.2, 0.25) is 0 Å². The molecule has 1 atom stereocenters. The predicted octanol–water partition coefficient (Wildman–Crippen LogP) is 7.17. The summed E-state index contributed by atoms with van der Waals surface area (Å²) >= 11 is 3.68. The number of carboxylic acids is 2. The van der Waals surface area contributed by atoms with Crippen LogP contribution in [0.15, 0.2) is 59.5 Å². The molecule has 0 radical (unpaired) electrons. The van der Waals surface area contributed by atoms with Gasteiger partial charge >= 0.3 is 11.9 Å². The number of ether oxygens (including phenoxy) is 2. The fraction of sp³-hybridized carbons (Fsp3) is 0.355. The summed E-state index contributed by atoms with van der Waals surface area (Å²) in [5.41, 5.74) is 3.04. The van der Waals surface area contributed by atoms with Crippen LogP contribution in [0.5, 0.6) is 11.5 Å². The van der Waals surface area contributed by atoms with Crippen molar-refractivity contribution in [1.82, 2.24) is 0 Å². The zero-order valence-corrected chi connectivity index (χ0v) is 24.6. The second-order valence-corrected chi connectivity index (χ2v) is 11.1. The Labute approximate surface area is 251 Å². The van der Waals surface area contributed by atoms with E-state index in [4.69, 9.17) is 26.2 Å². The Balaban J connectivity index is 1.52. The van der Waals surface area contributed by atoms with Crippen molar-refractivity contribution in [2.75, 3.05) is 13.2 Å². The Bertz CT molecular complexity index is 1400. The van der Waals surface area contributed by atoms with Gasteiger partial charge < -0.3 is 24.2 Å². The molecule has 1 unspecified atom stereocenters. The van der Waals surface area contributed by atoms with Gasteiger partial charge in [-0.25, -0.2) is 8.60 Å². The molecule has 0 fully saturated rings. The van der Waals surface area contributed by atoms with Crippen molar-refractivity contribution in [3.8, 4) is 22.6 Å². The van der Waals surface area contributed by atoms with Crippen molar-refractivity contribution >= 4 is 34.6 Å². The predicted molar refractivity (Wildman–Crippen MR) is 158 cm³/mol. The molecule has 0 aromatic heterocycles. The smallest absolute Gasteiger partial charge is 0.303 e. The van der Waals surface area contributed by atoms with Gasteiger partial charge in [-0.1, -0.05) is 42.6 Å². The molecular formula is C31H34ClFO8S. The SMILES string of the molecule is O=C(O)CCCOc1cccc(CCCCCCOc2cc(-c3ccc(F)c(Cl)c3)cc(S(=O)O)c2)c1CCC(=O)O. The van der Waals surface area contributed by atoms with Gasteiger partial charge in [0.15, 0.2) is 11.1 Å². The monoisotopic (exact) mass is 620 g/mol. The van der Waals surface area contributed by atoms with Crippen LogP contribution in [0, 0.1) is 5.82 Å². The summed E-state index contributed by atoms with van der Waals surface area (Å²) in [7, 11) is 0. The fourth-order valence-corrected chi connectivity index (χ4v) is 5.09. The minimum atomic E-state index is -2.23. The number of benzene rings is 3. The number of rotatable bonds is 18. The van der Waals surface area contributed by atoms with E-state index in [2.05, 4.69) is 0 Å². The van der Waals surface area contributed by atoms with E-state index >= 15 is 0 Å². The molecule has 42 heavy (non-hydrogen) atoms. The highest BCUT2D eigenvalue weighted by Gasteiger charge is 2.13. The number of aliphatic carboxylic acids is 2. The van der Waals surface area contributed by atoms with Gasteiger partial charge in [0.25, 0.3) is 0 Å². The minimum Gasteiger partial charge on any atom is -0.494 e. The molecule has 0 aliphatic heterocycles. The van der Waals surface area contributed by atoms with Crippen molar-refractivity contribution < 1.29 is 42.4 Å². The minimum absolute atomic E-state index is 0.00449. The lowest BCUT2D eigenvalue weighted by atomic mass is 9.97. The van der Waals surface area contributed by atoms with Crippen molar-refractivity contribution in [2.45, 2.75) is 62.7 Å². The van der Waals surface area contributed by atoms with Crippen LogP contribution in [0.3, 0.4) is 0 Å². The Morgan fingerprint density at radius 1 is 0.810 bits per heavy atom. The molecule has 11 heteroatoms. The summed E-state index contributed by atoms with van der Waals surface area (Å²) in [4.78, 5) is 22.1. The maximum atomic E-state index is 13.6. The molecule has 0 saturated carbocycles. The van der Waals surface area contributed by atoms with Crippen LogP contribution in [-0.2, 0) is 33.5 Å². The highest BCUT2D eigenvalue weighted by Crippen LogP contribution is 2.30. The molecule has 8 nitrogen and oxygen atoms in total. The number of aryl methyl sites for hydroxylation is 1. The van der Waals surface area contributed by atoms with Crippen LogP contribution in [0.2, 0.25) is 5.02 Å². The van der Waals surface area contributed by atoms with Crippen LogP contribution in [0.4, 0.5) is 4.39 Å². The van der Waals surface area contributed by atoms with Gasteiger partial charge in [0.05, 0.1) is 23.1 Å². The van der Waals surface area contributed by atoms with Gasteiger partial charge in [0, 0.05) is 12.8 Å². The lowest BCUT2D eigenvalue weighted by Gasteiger charge is -2.15. The van der Waals surface area contributed by atoms with E-state index in [-0.39, 0.29) is 29.4 Å². The second kappa shape index (κ2) is 16.8. The van der Waals surface area contributed by atoms with E-state index in [1.807, 2.05) is 12.1 Å². The summed E-state index contributed by atoms with van der Waals surface area (Å²) in [5, 5.41) is 18.0. The zero-order valence-electron chi connectivity index (χ0n) is 23.0. The lowest BCUT2D eigenvalue weighted by molar-refractivity contribution is -0.138. The van der Waals surface area contributed by atoms with E-state index < -0.39 is 28.8 Å². The third-order valence-corrected chi connectivity index (χ3v) is 7.48. The van der Waals surface area contributed by atoms with Crippen LogP contribution in [0.1, 0.15) is 56.1 Å². The van der Waals surface area contributed by atoms with Crippen molar-refractivity contribution in [2.24, 2.45) is 0 Å².